The zero-order valence-electron chi connectivity index (χ0n) is 24.9. The first-order valence-corrected chi connectivity index (χ1v) is 16.5. The average molecular weight is 575 g/mol. The molecular formula is C36H46O6. The van der Waals surface area contributed by atoms with Gasteiger partial charge < -0.3 is 18.9 Å². The largest absolute Gasteiger partial charge is 0.490 e. The summed E-state index contributed by atoms with van der Waals surface area (Å²) >= 11 is 0. The molecule has 0 amide bonds. The van der Waals surface area contributed by atoms with E-state index in [-0.39, 0.29) is 31.8 Å². The molecule has 1 aromatic carbocycles. The van der Waals surface area contributed by atoms with Crippen molar-refractivity contribution in [1.29, 1.82) is 0 Å². The Bertz CT molecular complexity index is 1170. The summed E-state index contributed by atoms with van der Waals surface area (Å²) < 4.78 is 23.5. The standard InChI is InChI=1S/C36H46O6/c1-3-33(37)41-7-5-39-31-18-32(40-6-8-42-34(38)4-2)30(36-19-24-10-25(20-36)12-26(11-24)21-36)17-29(31)35-27-13-22-9-23(15-27)16-28(35)14-22/h3-4,17-18,22-28,35H,1-2,5-16,19-21H2. The summed E-state index contributed by atoms with van der Waals surface area (Å²) in [4.78, 5) is 23.3. The van der Waals surface area contributed by atoms with Crippen LogP contribution in [0.2, 0.25) is 0 Å². The molecule has 8 aliphatic carbocycles. The van der Waals surface area contributed by atoms with Crippen LogP contribution in [0.4, 0.5) is 0 Å². The Labute approximate surface area is 250 Å². The molecule has 42 heavy (non-hydrogen) atoms. The Morgan fingerprint density at radius 2 is 1.14 bits per heavy atom. The van der Waals surface area contributed by atoms with Gasteiger partial charge >= 0.3 is 11.9 Å². The number of hydrogen-bond acceptors (Lipinski definition) is 6. The maximum absolute atomic E-state index is 11.7. The van der Waals surface area contributed by atoms with Gasteiger partial charge in [0.25, 0.3) is 0 Å². The molecule has 0 N–H and O–H groups in total. The van der Waals surface area contributed by atoms with Crippen LogP contribution in [0.3, 0.4) is 0 Å². The van der Waals surface area contributed by atoms with E-state index in [4.69, 9.17) is 18.9 Å². The SMILES string of the molecule is C=CC(=O)OCCOc1cc(OCCOC(=O)C=C)c(C23CC4CC(CC(C4)C2)C3)cc1C1C2CC3CC(C2)CC1C3. The van der Waals surface area contributed by atoms with Crippen LogP contribution < -0.4 is 9.47 Å². The van der Waals surface area contributed by atoms with E-state index in [9.17, 15) is 9.59 Å². The van der Waals surface area contributed by atoms with E-state index >= 15 is 0 Å². The van der Waals surface area contributed by atoms with Crippen molar-refractivity contribution < 1.29 is 28.5 Å². The van der Waals surface area contributed by atoms with Gasteiger partial charge in [0.2, 0.25) is 0 Å². The molecule has 0 saturated heterocycles. The van der Waals surface area contributed by atoms with Gasteiger partial charge in [0, 0.05) is 23.8 Å². The monoisotopic (exact) mass is 574 g/mol. The van der Waals surface area contributed by atoms with E-state index < -0.39 is 11.9 Å². The second kappa shape index (κ2) is 11.4. The summed E-state index contributed by atoms with van der Waals surface area (Å²) in [7, 11) is 0. The number of esters is 2. The predicted molar refractivity (Wildman–Crippen MR) is 159 cm³/mol. The summed E-state index contributed by atoms with van der Waals surface area (Å²) in [5, 5.41) is 0. The van der Waals surface area contributed by atoms with Crippen LogP contribution in [-0.2, 0) is 24.5 Å². The lowest BCUT2D eigenvalue weighted by atomic mass is 9.47. The van der Waals surface area contributed by atoms with Crippen LogP contribution in [0.5, 0.6) is 11.5 Å². The first-order valence-electron chi connectivity index (χ1n) is 16.5. The van der Waals surface area contributed by atoms with Gasteiger partial charge in [-0.25, -0.2) is 9.59 Å². The highest BCUT2D eigenvalue weighted by atomic mass is 16.6. The van der Waals surface area contributed by atoms with Crippen molar-refractivity contribution in [2.45, 2.75) is 82.0 Å². The van der Waals surface area contributed by atoms with Gasteiger partial charge in [0.15, 0.2) is 0 Å². The minimum Gasteiger partial charge on any atom is -0.490 e. The molecule has 0 atom stereocenters. The molecule has 0 spiro atoms. The minimum atomic E-state index is -0.435. The van der Waals surface area contributed by atoms with Crippen molar-refractivity contribution >= 4 is 11.9 Å². The summed E-state index contributed by atoms with van der Waals surface area (Å²) in [5.74, 6) is 7.07. The molecule has 9 rings (SSSR count). The Morgan fingerprint density at radius 3 is 1.64 bits per heavy atom. The second-order valence-electron chi connectivity index (χ2n) is 14.5. The van der Waals surface area contributed by atoms with Crippen molar-refractivity contribution in [3.8, 4) is 11.5 Å². The molecule has 8 fully saturated rings. The molecule has 8 aliphatic rings. The van der Waals surface area contributed by atoms with E-state index in [0.717, 1.165) is 52.9 Å². The number of ether oxygens (including phenoxy) is 4. The molecule has 0 aromatic heterocycles. The van der Waals surface area contributed by atoms with E-state index in [1.54, 1.807) is 0 Å². The highest BCUT2D eigenvalue weighted by Gasteiger charge is 2.54. The molecule has 8 bridgehead atoms. The first kappa shape index (κ1) is 28.0. The lowest BCUT2D eigenvalue weighted by Crippen LogP contribution is -2.49. The number of carbonyl (C=O) groups is 2. The minimum absolute atomic E-state index is 0.153. The van der Waals surface area contributed by atoms with Gasteiger partial charge in [0.05, 0.1) is 0 Å². The van der Waals surface area contributed by atoms with Gasteiger partial charge in [0.1, 0.15) is 37.9 Å². The normalized spacial score (nSPS) is 36.9. The fourth-order valence-corrected chi connectivity index (χ4v) is 11.1. The maximum atomic E-state index is 11.7. The zero-order chi connectivity index (χ0) is 28.8. The lowest BCUT2D eigenvalue weighted by Gasteiger charge is -2.58. The van der Waals surface area contributed by atoms with Gasteiger partial charge in [-0.3, -0.25) is 0 Å². The number of rotatable bonds is 12. The van der Waals surface area contributed by atoms with Crippen molar-refractivity contribution in [1.82, 2.24) is 0 Å². The van der Waals surface area contributed by atoms with Crippen molar-refractivity contribution in [2.75, 3.05) is 26.4 Å². The number of carbonyl (C=O) groups excluding carboxylic acids is 2. The van der Waals surface area contributed by atoms with E-state index in [2.05, 4.69) is 25.3 Å². The van der Waals surface area contributed by atoms with E-state index in [1.807, 2.05) is 0 Å². The highest BCUT2D eigenvalue weighted by Crippen LogP contribution is 2.64. The third-order valence-electron chi connectivity index (χ3n) is 11.8. The fourth-order valence-electron chi connectivity index (χ4n) is 11.1. The van der Waals surface area contributed by atoms with Crippen LogP contribution in [-0.4, -0.2) is 38.4 Å². The summed E-state index contributed by atoms with van der Waals surface area (Å²) in [6.45, 7) is 7.92. The zero-order valence-corrected chi connectivity index (χ0v) is 24.9. The van der Waals surface area contributed by atoms with Crippen molar-refractivity contribution in [3.63, 3.8) is 0 Å². The molecule has 226 valence electrons. The van der Waals surface area contributed by atoms with Gasteiger partial charge in [-0.15, -0.1) is 0 Å². The highest BCUT2D eigenvalue weighted by molar-refractivity contribution is 5.81. The maximum Gasteiger partial charge on any atom is 0.330 e. The molecule has 0 aliphatic heterocycles. The molecule has 0 heterocycles. The van der Waals surface area contributed by atoms with E-state index in [1.165, 1.54) is 93.9 Å². The third kappa shape index (κ3) is 5.28. The first-order chi connectivity index (χ1) is 20.4. The third-order valence-corrected chi connectivity index (χ3v) is 11.8. The number of benzene rings is 1. The fraction of sp³-hybridized carbons (Fsp3) is 0.667. The van der Waals surface area contributed by atoms with Crippen LogP contribution in [0.1, 0.15) is 87.7 Å². The Hall–Kier alpha value is -2.76. The molecular weight excluding hydrogens is 528 g/mol. The van der Waals surface area contributed by atoms with Crippen LogP contribution in [0.15, 0.2) is 37.4 Å². The molecule has 0 unspecified atom stereocenters. The van der Waals surface area contributed by atoms with Crippen LogP contribution in [0, 0.1) is 41.4 Å². The summed E-state index contributed by atoms with van der Waals surface area (Å²) in [6.07, 6.45) is 17.1. The van der Waals surface area contributed by atoms with Crippen molar-refractivity contribution in [2.24, 2.45) is 41.4 Å². The smallest absolute Gasteiger partial charge is 0.330 e. The van der Waals surface area contributed by atoms with Crippen LogP contribution in [0.25, 0.3) is 0 Å². The number of hydrogen-bond donors (Lipinski definition) is 0. The summed E-state index contributed by atoms with van der Waals surface area (Å²) in [6, 6.07) is 4.65. The van der Waals surface area contributed by atoms with E-state index in [0.29, 0.717) is 5.92 Å². The topological polar surface area (TPSA) is 71.1 Å². The summed E-state index contributed by atoms with van der Waals surface area (Å²) in [5.41, 5.74) is 2.88. The molecule has 1 aromatic rings. The molecule has 0 radical (unpaired) electrons. The lowest BCUT2D eigenvalue weighted by molar-refractivity contribution is -0.139. The Morgan fingerprint density at radius 1 is 0.667 bits per heavy atom. The van der Waals surface area contributed by atoms with Crippen molar-refractivity contribution in [3.05, 3.63) is 48.6 Å². The van der Waals surface area contributed by atoms with Gasteiger partial charge in [-0.1, -0.05) is 13.2 Å². The average Bonchev–Trinajstić information content (AvgIpc) is 2.96. The molecule has 6 heteroatoms. The molecule has 6 nitrogen and oxygen atoms in total. The quantitative estimate of drug-likeness (QED) is 0.153. The predicted octanol–water partition coefficient (Wildman–Crippen LogP) is 6.91. The van der Waals surface area contributed by atoms with Gasteiger partial charge in [-0.2, -0.15) is 0 Å². The Kier molecular flexibility index (Phi) is 7.60. The van der Waals surface area contributed by atoms with Gasteiger partial charge in [-0.05, 0) is 135 Å². The second-order valence-corrected chi connectivity index (χ2v) is 14.5. The van der Waals surface area contributed by atoms with Crippen LogP contribution >= 0.6 is 0 Å². The Balaban J connectivity index is 1.24. The molecule has 8 saturated carbocycles.